The molecule has 0 aliphatic rings. The topological polar surface area (TPSA) is 83.5 Å². The van der Waals surface area contributed by atoms with Gasteiger partial charge >= 0.3 is 5.97 Å². The van der Waals surface area contributed by atoms with Crippen molar-refractivity contribution in [3.05, 3.63) is 59.7 Å². The Morgan fingerprint density at radius 2 is 1.71 bits per heavy atom. The predicted molar refractivity (Wildman–Crippen MR) is 80.5 cm³/mol. The standard InChI is InChI=1S/C15H15NO4S/c1-21(19,20)16-10-11-4-2-5-12(8-11)13-6-3-7-14(9-13)15(17)18/h2-9,16H,10H2,1H3,(H,17,18). The van der Waals surface area contributed by atoms with Crippen LogP contribution in [0.2, 0.25) is 0 Å². The molecule has 21 heavy (non-hydrogen) atoms. The average Bonchev–Trinajstić information content (AvgIpc) is 2.45. The van der Waals surface area contributed by atoms with Crippen molar-refractivity contribution < 1.29 is 18.3 Å². The lowest BCUT2D eigenvalue weighted by Gasteiger charge is -2.07. The minimum Gasteiger partial charge on any atom is -0.478 e. The molecule has 0 saturated carbocycles. The van der Waals surface area contributed by atoms with Gasteiger partial charge in [-0.3, -0.25) is 0 Å². The first-order valence-corrected chi connectivity index (χ1v) is 8.11. The number of nitrogens with one attached hydrogen (secondary N) is 1. The van der Waals surface area contributed by atoms with E-state index in [2.05, 4.69) is 4.72 Å². The summed E-state index contributed by atoms with van der Waals surface area (Å²) in [6.45, 7) is 0.200. The van der Waals surface area contributed by atoms with Gasteiger partial charge in [-0.05, 0) is 34.9 Å². The maximum atomic E-state index is 11.1. The maximum Gasteiger partial charge on any atom is 0.335 e. The lowest BCUT2D eigenvalue weighted by atomic mass is 10.0. The first-order valence-electron chi connectivity index (χ1n) is 6.22. The van der Waals surface area contributed by atoms with Crippen molar-refractivity contribution in [3.63, 3.8) is 0 Å². The van der Waals surface area contributed by atoms with Gasteiger partial charge in [-0.1, -0.05) is 30.3 Å². The molecule has 0 fully saturated rings. The molecule has 2 rings (SSSR count). The van der Waals surface area contributed by atoms with Gasteiger partial charge in [0.25, 0.3) is 0 Å². The Kier molecular flexibility index (Phi) is 4.40. The highest BCUT2D eigenvalue weighted by Gasteiger charge is 2.06. The summed E-state index contributed by atoms with van der Waals surface area (Å²) in [4.78, 5) is 11.0. The smallest absolute Gasteiger partial charge is 0.335 e. The summed E-state index contributed by atoms with van der Waals surface area (Å²) < 4.78 is 24.6. The Morgan fingerprint density at radius 3 is 2.33 bits per heavy atom. The quantitative estimate of drug-likeness (QED) is 0.886. The molecule has 2 aromatic rings. The van der Waals surface area contributed by atoms with Crippen molar-refractivity contribution >= 4 is 16.0 Å². The zero-order chi connectivity index (χ0) is 15.5. The second-order valence-electron chi connectivity index (χ2n) is 4.68. The van der Waals surface area contributed by atoms with Gasteiger partial charge in [-0.25, -0.2) is 17.9 Å². The maximum absolute atomic E-state index is 11.1. The predicted octanol–water partition coefficient (Wildman–Crippen LogP) is 2.10. The van der Waals surface area contributed by atoms with Gasteiger partial charge in [0.15, 0.2) is 0 Å². The highest BCUT2D eigenvalue weighted by atomic mass is 32.2. The third-order valence-electron chi connectivity index (χ3n) is 2.91. The second-order valence-corrected chi connectivity index (χ2v) is 6.51. The molecule has 2 N–H and O–H groups in total. The molecule has 0 saturated heterocycles. The van der Waals surface area contributed by atoms with Gasteiger partial charge in [0.1, 0.15) is 0 Å². The summed E-state index contributed by atoms with van der Waals surface area (Å²) in [5.74, 6) is -0.980. The van der Waals surface area contributed by atoms with Crippen molar-refractivity contribution in [2.75, 3.05) is 6.26 Å². The van der Waals surface area contributed by atoms with E-state index >= 15 is 0 Å². The van der Waals surface area contributed by atoms with Crippen LogP contribution in [0.25, 0.3) is 11.1 Å². The number of benzene rings is 2. The zero-order valence-corrected chi connectivity index (χ0v) is 12.2. The van der Waals surface area contributed by atoms with E-state index in [1.807, 2.05) is 30.3 Å². The minimum atomic E-state index is -3.25. The van der Waals surface area contributed by atoms with E-state index < -0.39 is 16.0 Å². The SMILES string of the molecule is CS(=O)(=O)NCc1cccc(-c2cccc(C(=O)O)c2)c1. The third-order valence-corrected chi connectivity index (χ3v) is 3.58. The first-order chi connectivity index (χ1) is 9.85. The van der Waals surface area contributed by atoms with E-state index in [-0.39, 0.29) is 12.1 Å². The Labute approximate surface area is 123 Å². The van der Waals surface area contributed by atoms with Crippen LogP contribution < -0.4 is 4.72 Å². The number of carbonyl (C=O) groups is 1. The van der Waals surface area contributed by atoms with Crippen LogP contribution in [-0.4, -0.2) is 25.7 Å². The summed E-state index contributed by atoms with van der Waals surface area (Å²) in [5.41, 5.74) is 2.63. The van der Waals surface area contributed by atoms with Crippen LogP contribution in [-0.2, 0) is 16.6 Å². The van der Waals surface area contributed by atoms with Crippen LogP contribution in [0.3, 0.4) is 0 Å². The second kappa shape index (κ2) is 6.07. The van der Waals surface area contributed by atoms with Crippen molar-refractivity contribution in [2.24, 2.45) is 0 Å². The highest BCUT2D eigenvalue weighted by molar-refractivity contribution is 7.88. The number of carboxylic acid groups (broad SMARTS) is 1. The van der Waals surface area contributed by atoms with Crippen LogP contribution in [0.15, 0.2) is 48.5 Å². The molecule has 0 unspecified atom stereocenters. The molecule has 0 bridgehead atoms. The largest absolute Gasteiger partial charge is 0.478 e. The molecule has 0 aliphatic carbocycles. The average molecular weight is 305 g/mol. The van der Waals surface area contributed by atoms with Crippen LogP contribution in [0.5, 0.6) is 0 Å². The highest BCUT2D eigenvalue weighted by Crippen LogP contribution is 2.21. The normalized spacial score (nSPS) is 11.3. The van der Waals surface area contributed by atoms with Gasteiger partial charge in [-0.2, -0.15) is 0 Å². The fraction of sp³-hybridized carbons (Fsp3) is 0.133. The molecule has 5 nitrogen and oxygen atoms in total. The fourth-order valence-electron chi connectivity index (χ4n) is 1.91. The van der Waals surface area contributed by atoms with Gasteiger partial charge in [0.05, 0.1) is 11.8 Å². The van der Waals surface area contributed by atoms with Crippen molar-refractivity contribution in [1.82, 2.24) is 4.72 Å². The molecule has 110 valence electrons. The summed E-state index contributed by atoms with van der Waals surface area (Å²) >= 11 is 0. The summed E-state index contributed by atoms with van der Waals surface area (Å²) in [6, 6.07) is 13.9. The molecule has 0 amide bonds. The Morgan fingerprint density at radius 1 is 1.10 bits per heavy atom. The van der Waals surface area contributed by atoms with Crippen LogP contribution >= 0.6 is 0 Å². The lowest BCUT2D eigenvalue weighted by molar-refractivity contribution is 0.0697. The van der Waals surface area contributed by atoms with Crippen LogP contribution in [0, 0.1) is 0 Å². The molecular weight excluding hydrogens is 290 g/mol. The zero-order valence-electron chi connectivity index (χ0n) is 11.4. The summed E-state index contributed by atoms with van der Waals surface area (Å²) in [7, 11) is -3.25. The monoisotopic (exact) mass is 305 g/mol. The van der Waals surface area contributed by atoms with E-state index in [4.69, 9.17) is 5.11 Å². The van der Waals surface area contributed by atoms with E-state index in [9.17, 15) is 13.2 Å². The van der Waals surface area contributed by atoms with Crippen molar-refractivity contribution in [1.29, 1.82) is 0 Å². The fourth-order valence-corrected chi connectivity index (χ4v) is 2.34. The Bertz CT molecular complexity index is 769. The van der Waals surface area contributed by atoms with E-state index in [1.54, 1.807) is 12.1 Å². The number of hydrogen-bond donors (Lipinski definition) is 2. The van der Waals surface area contributed by atoms with Crippen LogP contribution in [0.1, 0.15) is 15.9 Å². The van der Waals surface area contributed by atoms with Gasteiger partial charge < -0.3 is 5.11 Å². The van der Waals surface area contributed by atoms with Crippen molar-refractivity contribution in [2.45, 2.75) is 6.54 Å². The first kappa shape index (κ1) is 15.2. The van der Waals surface area contributed by atoms with Gasteiger partial charge in [-0.15, -0.1) is 0 Å². The van der Waals surface area contributed by atoms with E-state index in [0.29, 0.717) is 0 Å². The van der Waals surface area contributed by atoms with Crippen LogP contribution in [0.4, 0.5) is 0 Å². The van der Waals surface area contributed by atoms with E-state index in [0.717, 1.165) is 22.9 Å². The number of rotatable bonds is 5. The molecule has 6 heteroatoms. The number of aromatic carboxylic acids is 1. The summed E-state index contributed by atoms with van der Waals surface area (Å²) in [5, 5.41) is 9.01. The number of carboxylic acids is 1. The third kappa shape index (κ3) is 4.40. The Balaban J connectivity index is 2.28. The molecular formula is C15H15NO4S. The summed E-state index contributed by atoms with van der Waals surface area (Å²) in [6.07, 6.45) is 1.10. The Hall–Kier alpha value is -2.18. The molecule has 0 atom stereocenters. The van der Waals surface area contributed by atoms with E-state index in [1.165, 1.54) is 6.07 Å². The molecule has 0 heterocycles. The molecule has 0 spiro atoms. The molecule has 2 aromatic carbocycles. The minimum absolute atomic E-state index is 0.200. The lowest BCUT2D eigenvalue weighted by Crippen LogP contribution is -2.21. The van der Waals surface area contributed by atoms with Crippen molar-refractivity contribution in [3.8, 4) is 11.1 Å². The number of sulfonamides is 1. The molecule has 0 aromatic heterocycles. The van der Waals surface area contributed by atoms with Gasteiger partial charge in [0.2, 0.25) is 10.0 Å². The number of hydrogen-bond acceptors (Lipinski definition) is 3. The molecule has 0 radical (unpaired) electrons. The van der Waals surface area contributed by atoms with Gasteiger partial charge in [0, 0.05) is 6.54 Å². The molecule has 0 aliphatic heterocycles.